The topological polar surface area (TPSA) is 94.6 Å². The van der Waals surface area contributed by atoms with Gasteiger partial charge in [-0.3, -0.25) is 9.59 Å². The molecule has 0 unspecified atom stereocenters. The second-order valence-corrected chi connectivity index (χ2v) is 8.77. The van der Waals surface area contributed by atoms with E-state index in [4.69, 9.17) is 10.1 Å². The number of nitrogens with zero attached hydrogens (tertiary/aromatic N) is 2. The van der Waals surface area contributed by atoms with Crippen LogP contribution in [-0.4, -0.2) is 53.0 Å². The van der Waals surface area contributed by atoms with Crippen LogP contribution in [0.3, 0.4) is 0 Å². The number of nitrogens with one attached hydrogen (secondary N) is 2. The molecule has 4 rings (SSSR count). The van der Waals surface area contributed by atoms with Crippen molar-refractivity contribution in [1.82, 2.24) is 9.88 Å². The summed E-state index contributed by atoms with van der Waals surface area (Å²) < 4.78 is 0. The number of aliphatic carboxylic acids is 1. The third-order valence-electron chi connectivity index (χ3n) is 6.16. The van der Waals surface area contributed by atoms with E-state index >= 15 is 0 Å². The molecular formula is C27H32N4O3. The van der Waals surface area contributed by atoms with Gasteiger partial charge in [0.1, 0.15) is 0 Å². The Balaban J connectivity index is 1.43. The van der Waals surface area contributed by atoms with Crippen LogP contribution >= 0.6 is 0 Å². The molecule has 3 N–H and O–H groups in total. The van der Waals surface area contributed by atoms with Gasteiger partial charge in [0, 0.05) is 35.3 Å². The molecule has 7 nitrogen and oxygen atoms in total. The van der Waals surface area contributed by atoms with Crippen LogP contribution in [0.5, 0.6) is 0 Å². The summed E-state index contributed by atoms with van der Waals surface area (Å²) in [4.78, 5) is 29.9. The van der Waals surface area contributed by atoms with Gasteiger partial charge in [-0.25, -0.2) is 4.98 Å². The summed E-state index contributed by atoms with van der Waals surface area (Å²) in [7, 11) is 0. The van der Waals surface area contributed by atoms with E-state index in [-0.39, 0.29) is 18.7 Å². The first-order chi connectivity index (χ1) is 16.6. The molecule has 1 fully saturated rings. The highest BCUT2D eigenvalue weighted by molar-refractivity contribution is 5.94. The largest absolute Gasteiger partial charge is 0.481 e. The molecule has 1 saturated heterocycles. The van der Waals surface area contributed by atoms with Crippen LogP contribution in [0.1, 0.15) is 38.5 Å². The van der Waals surface area contributed by atoms with Gasteiger partial charge < -0.3 is 20.6 Å². The zero-order valence-electron chi connectivity index (χ0n) is 19.4. The van der Waals surface area contributed by atoms with Crippen LogP contribution in [0.15, 0.2) is 54.6 Å². The molecule has 0 bridgehead atoms. The van der Waals surface area contributed by atoms with Crippen LogP contribution in [0.4, 0.5) is 11.4 Å². The van der Waals surface area contributed by atoms with E-state index in [1.165, 1.54) is 32.4 Å². The van der Waals surface area contributed by atoms with Crippen molar-refractivity contribution in [2.75, 3.05) is 36.8 Å². The molecule has 0 saturated carbocycles. The highest BCUT2D eigenvalue weighted by Crippen LogP contribution is 2.29. The lowest BCUT2D eigenvalue weighted by Gasteiger charge is -2.26. The summed E-state index contributed by atoms with van der Waals surface area (Å²) >= 11 is 0. The number of anilines is 2. The average Bonchev–Trinajstić information content (AvgIpc) is 2.86. The Morgan fingerprint density at radius 1 is 0.971 bits per heavy atom. The van der Waals surface area contributed by atoms with Crippen LogP contribution in [0, 0.1) is 0 Å². The van der Waals surface area contributed by atoms with E-state index in [1.807, 2.05) is 42.5 Å². The summed E-state index contributed by atoms with van der Waals surface area (Å²) in [6.45, 7) is 4.48. The first-order valence-electron chi connectivity index (χ1n) is 12.1. The minimum absolute atomic E-state index is 0.0455. The molecule has 7 heteroatoms. The SMILES string of the molecule is O=C(O)CCC(=O)Nc1ccc(-c2cc(NCCCN3CCCCC3)c3ccccc3n2)cc1. The number of likely N-dealkylation sites (tertiary alicyclic amines) is 1. The molecule has 0 aliphatic carbocycles. The maximum Gasteiger partial charge on any atom is 0.303 e. The summed E-state index contributed by atoms with van der Waals surface area (Å²) in [6.07, 6.45) is 4.86. The molecule has 1 amide bonds. The molecule has 0 atom stereocenters. The fraction of sp³-hybridized carbons (Fsp3) is 0.370. The average molecular weight is 461 g/mol. The molecule has 1 aromatic heterocycles. The number of carboxylic acids is 1. The predicted molar refractivity (Wildman–Crippen MR) is 136 cm³/mol. The van der Waals surface area contributed by atoms with Gasteiger partial charge in [-0.15, -0.1) is 0 Å². The number of aromatic nitrogens is 1. The van der Waals surface area contributed by atoms with E-state index in [0.717, 1.165) is 47.4 Å². The molecular weight excluding hydrogens is 428 g/mol. The zero-order chi connectivity index (χ0) is 23.8. The van der Waals surface area contributed by atoms with Crippen LogP contribution in [0.25, 0.3) is 22.2 Å². The van der Waals surface area contributed by atoms with Crippen molar-refractivity contribution in [3.8, 4) is 11.3 Å². The van der Waals surface area contributed by atoms with Crippen molar-refractivity contribution in [2.24, 2.45) is 0 Å². The van der Waals surface area contributed by atoms with Gasteiger partial charge in [-0.1, -0.05) is 36.8 Å². The molecule has 1 aliphatic rings. The van der Waals surface area contributed by atoms with Gasteiger partial charge >= 0.3 is 5.97 Å². The van der Waals surface area contributed by atoms with Gasteiger partial charge in [-0.2, -0.15) is 0 Å². The molecule has 0 spiro atoms. The van der Waals surface area contributed by atoms with E-state index in [1.54, 1.807) is 0 Å². The van der Waals surface area contributed by atoms with Crippen molar-refractivity contribution in [1.29, 1.82) is 0 Å². The fourth-order valence-corrected chi connectivity index (χ4v) is 4.35. The van der Waals surface area contributed by atoms with Crippen molar-refractivity contribution in [2.45, 2.75) is 38.5 Å². The number of hydrogen-bond donors (Lipinski definition) is 3. The summed E-state index contributed by atoms with van der Waals surface area (Å²) in [5, 5.41) is 16.2. The quantitative estimate of drug-likeness (QED) is 0.369. The number of carboxylic acid groups (broad SMARTS) is 1. The fourth-order valence-electron chi connectivity index (χ4n) is 4.35. The number of benzene rings is 2. The van der Waals surface area contributed by atoms with E-state index in [9.17, 15) is 9.59 Å². The normalized spacial score (nSPS) is 14.1. The summed E-state index contributed by atoms with van der Waals surface area (Å²) in [6, 6.07) is 17.7. The number of piperidine rings is 1. The monoisotopic (exact) mass is 460 g/mol. The second-order valence-electron chi connectivity index (χ2n) is 8.77. The molecule has 0 radical (unpaired) electrons. The van der Waals surface area contributed by atoms with Crippen molar-refractivity contribution < 1.29 is 14.7 Å². The Kier molecular flexibility index (Phi) is 8.09. The number of carbonyl (C=O) groups excluding carboxylic acids is 1. The third-order valence-corrected chi connectivity index (χ3v) is 6.16. The van der Waals surface area contributed by atoms with Crippen molar-refractivity contribution in [3.63, 3.8) is 0 Å². The standard InChI is InChI=1S/C27H32N4O3/c32-26(13-14-27(33)34)29-21-11-9-20(10-12-21)24-19-25(22-7-2-3-8-23(22)30-24)28-15-6-18-31-16-4-1-5-17-31/h2-3,7-12,19H,1,4-6,13-18H2,(H,28,30)(H,29,32)(H,33,34). The number of fused-ring (bicyclic) bond motifs is 1. The van der Waals surface area contributed by atoms with Crippen LogP contribution in [-0.2, 0) is 9.59 Å². The lowest BCUT2D eigenvalue weighted by molar-refractivity contribution is -0.138. The smallest absolute Gasteiger partial charge is 0.303 e. The van der Waals surface area contributed by atoms with E-state index in [0.29, 0.717) is 5.69 Å². The van der Waals surface area contributed by atoms with Gasteiger partial charge in [0.15, 0.2) is 0 Å². The Bertz CT molecular complexity index is 1120. The highest BCUT2D eigenvalue weighted by atomic mass is 16.4. The minimum Gasteiger partial charge on any atom is -0.481 e. The van der Waals surface area contributed by atoms with Crippen molar-refractivity contribution in [3.05, 3.63) is 54.6 Å². The Hall–Kier alpha value is -3.45. The molecule has 178 valence electrons. The second kappa shape index (κ2) is 11.6. The number of hydrogen-bond acceptors (Lipinski definition) is 5. The van der Waals surface area contributed by atoms with Gasteiger partial charge in [-0.05, 0) is 63.2 Å². The lowest BCUT2D eigenvalue weighted by atomic mass is 10.1. The van der Waals surface area contributed by atoms with Gasteiger partial charge in [0.25, 0.3) is 0 Å². The molecule has 1 aliphatic heterocycles. The lowest BCUT2D eigenvalue weighted by Crippen LogP contribution is -2.31. The third kappa shape index (κ3) is 6.54. The molecule has 2 aromatic carbocycles. The highest BCUT2D eigenvalue weighted by Gasteiger charge is 2.11. The van der Waals surface area contributed by atoms with Crippen LogP contribution < -0.4 is 10.6 Å². The number of amides is 1. The van der Waals surface area contributed by atoms with Crippen LogP contribution in [0.2, 0.25) is 0 Å². The first-order valence-corrected chi connectivity index (χ1v) is 12.1. The first kappa shape index (κ1) is 23.7. The predicted octanol–water partition coefficient (Wildman–Crippen LogP) is 4.99. The van der Waals surface area contributed by atoms with Crippen molar-refractivity contribution >= 4 is 34.2 Å². The Morgan fingerprint density at radius 3 is 2.50 bits per heavy atom. The van der Waals surface area contributed by atoms with Gasteiger partial charge in [0.05, 0.1) is 17.6 Å². The Morgan fingerprint density at radius 2 is 1.74 bits per heavy atom. The maximum absolute atomic E-state index is 11.9. The van der Waals surface area contributed by atoms with Gasteiger partial charge in [0.2, 0.25) is 5.91 Å². The summed E-state index contributed by atoms with van der Waals surface area (Å²) in [5.41, 5.74) is 4.46. The number of rotatable bonds is 10. The summed E-state index contributed by atoms with van der Waals surface area (Å²) in [5.74, 6) is -1.29. The number of carbonyl (C=O) groups is 2. The number of pyridine rings is 1. The molecule has 2 heterocycles. The van der Waals surface area contributed by atoms with E-state index in [2.05, 4.69) is 27.7 Å². The van der Waals surface area contributed by atoms with E-state index < -0.39 is 5.97 Å². The molecule has 3 aromatic rings. The zero-order valence-corrected chi connectivity index (χ0v) is 19.4. The minimum atomic E-state index is -0.983. The molecule has 34 heavy (non-hydrogen) atoms. The maximum atomic E-state index is 11.9. The number of para-hydroxylation sites is 1. The Labute approximate surface area is 200 Å².